The highest BCUT2D eigenvalue weighted by molar-refractivity contribution is 5.88. The Morgan fingerprint density at radius 1 is 1.03 bits per heavy atom. The summed E-state index contributed by atoms with van der Waals surface area (Å²) in [6, 6.07) is 12.9. The Morgan fingerprint density at radius 3 is 2.52 bits per heavy atom. The van der Waals surface area contributed by atoms with Crippen molar-refractivity contribution < 1.29 is 14.3 Å². The van der Waals surface area contributed by atoms with Gasteiger partial charge in [0.05, 0.1) is 30.7 Å². The molecule has 0 unspecified atom stereocenters. The maximum atomic E-state index is 12.4. The van der Waals surface area contributed by atoms with Gasteiger partial charge < -0.3 is 14.8 Å². The minimum Gasteiger partial charge on any atom is -0.490 e. The van der Waals surface area contributed by atoms with Crippen LogP contribution in [0.4, 0.5) is 0 Å². The molecule has 0 radical (unpaired) electrons. The number of ether oxygens (including phenoxy) is 2. The summed E-state index contributed by atoms with van der Waals surface area (Å²) in [7, 11) is 0. The fraction of sp³-hybridized carbons (Fsp3) is 0.318. The summed E-state index contributed by atoms with van der Waals surface area (Å²) in [5.74, 6) is 1.28. The van der Waals surface area contributed by atoms with E-state index in [4.69, 9.17) is 9.47 Å². The first-order chi connectivity index (χ1) is 14.1. The molecule has 0 bridgehead atoms. The third kappa shape index (κ3) is 5.13. The van der Waals surface area contributed by atoms with E-state index in [1.807, 2.05) is 38.1 Å². The van der Waals surface area contributed by atoms with Gasteiger partial charge in [-0.15, -0.1) is 0 Å². The number of rotatable bonds is 9. The number of aromatic nitrogens is 2. The summed E-state index contributed by atoms with van der Waals surface area (Å²) in [5.41, 5.74) is 1.34. The van der Waals surface area contributed by atoms with Gasteiger partial charge in [-0.25, -0.2) is 5.10 Å². The number of hydrogen-bond acceptors (Lipinski definition) is 5. The second-order valence-electron chi connectivity index (χ2n) is 6.47. The SMILES string of the molecule is CCOc1ccc(CCNC(=O)Cc2n[nH]c(=O)c3ccccc23)cc1OCC. The molecule has 3 rings (SSSR count). The van der Waals surface area contributed by atoms with E-state index in [9.17, 15) is 9.59 Å². The number of fused-ring (bicyclic) bond motifs is 1. The fourth-order valence-electron chi connectivity index (χ4n) is 3.12. The first-order valence-electron chi connectivity index (χ1n) is 9.73. The van der Waals surface area contributed by atoms with Gasteiger partial charge >= 0.3 is 0 Å². The van der Waals surface area contributed by atoms with Crippen molar-refractivity contribution in [3.05, 3.63) is 64.1 Å². The smallest absolute Gasteiger partial charge is 0.272 e. The monoisotopic (exact) mass is 395 g/mol. The zero-order valence-corrected chi connectivity index (χ0v) is 16.7. The molecular formula is C22H25N3O4. The van der Waals surface area contributed by atoms with Gasteiger partial charge in [-0.05, 0) is 44.0 Å². The maximum Gasteiger partial charge on any atom is 0.272 e. The average molecular weight is 395 g/mol. The first-order valence-corrected chi connectivity index (χ1v) is 9.73. The molecule has 0 atom stereocenters. The number of benzene rings is 2. The van der Waals surface area contributed by atoms with E-state index >= 15 is 0 Å². The van der Waals surface area contributed by atoms with Crippen LogP contribution in [0.1, 0.15) is 25.1 Å². The highest BCUT2D eigenvalue weighted by Gasteiger charge is 2.11. The van der Waals surface area contributed by atoms with Crippen molar-refractivity contribution in [1.82, 2.24) is 15.5 Å². The highest BCUT2D eigenvalue weighted by Crippen LogP contribution is 2.28. The van der Waals surface area contributed by atoms with E-state index in [0.29, 0.717) is 48.4 Å². The van der Waals surface area contributed by atoms with Gasteiger partial charge in [0.1, 0.15) is 0 Å². The van der Waals surface area contributed by atoms with Crippen molar-refractivity contribution in [1.29, 1.82) is 0 Å². The predicted octanol–water partition coefficient (Wildman–Crippen LogP) is 2.62. The molecule has 152 valence electrons. The normalized spacial score (nSPS) is 10.7. The van der Waals surface area contributed by atoms with Gasteiger partial charge in [-0.1, -0.05) is 24.3 Å². The molecule has 0 fully saturated rings. The third-order valence-electron chi connectivity index (χ3n) is 4.45. The van der Waals surface area contributed by atoms with E-state index in [2.05, 4.69) is 15.5 Å². The van der Waals surface area contributed by atoms with Crippen molar-refractivity contribution in [3.8, 4) is 11.5 Å². The van der Waals surface area contributed by atoms with Crippen LogP contribution in [0.25, 0.3) is 10.8 Å². The van der Waals surface area contributed by atoms with Gasteiger partial charge in [-0.3, -0.25) is 9.59 Å². The predicted molar refractivity (Wildman–Crippen MR) is 112 cm³/mol. The quantitative estimate of drug-likeness (QED) is 0.581. The van der Waals surface area contributed by atoms with Gasteiger partial charge in [-0.2, -0.15) is 5.10 Å². The van der Waals surface area contributed by atoms with E-state index < -0.39 is 0 Å². The summed E-state index contributed by atoms with van der Waals surface area (Å²) >= 11 is 0. The zero-order chi connectivity index (χ0) is 20.6. The summed E-state index contributed by atoms with van der Waals surface area (Å²) in [5, 5.41) is 10.6. The molecule has 1 heterocycles. The largest absolute Gasteiger partial charge is 0.490 e. The van der Waals surface area contributed by atoms with Crippen molar-refractivity contribution in [2.24, 2.45) is 0 Å². The Kier molecular flexibility index (Phi) is 6.84. The molecule has 29 heavy (non-hydrogen) atoms. The minimum atomic E-state index is -0.259. The Labute approximate surface area is 169 Å². The van der Waals surface area contributed by atoms with Crippen LogP contribution in [0.2, 0.25) is 0 Å². The third-order valence-corrected chi connectivity index (χ3v) is 4.45. The first kappa shape index (κ1) is 20.4. The Morgan fingerprint density at radius 2 is 1.76 bits per heavy atom. The van der Waals surface area contributed by atoms with Crippen LogP contribution in [0.15, 0.2) is 47.3 Å². The van der Waals surface area contributed by atoms with Crippen LogP contribution in [-0.4, -0.2) is 35.9 Å². The molecule has 0 aliphatic rings. The molecule has 0 saturated heterocycles. The van der Waals surface area contributed by atoms with Gasteiger partial charge in [0, 0.05) is 11.9 Å². The number of H-pyrrole nitrogens is 1. The van der Waals surface area contributed by atoms with Crippen molar-refractivity contribution in [2.75, 3.05) is 19.8 Å². The molecule has 1 amide bonds. The average Bonchev–Trinajstić information content (AvgIpc) is 2.72. The minimum absolute atomic E-state index is 0.102. The second kappa shape index (κ2) is 9.73. The molecule has 2 N–H and O–H groups in total. The standard InChI is InChI=1S/C22H25N3O4/c1-3-28-19-10-9-15(13-20(19)29-4-2)11-12-23-21(26)14-18-16-7-5-6-8-17(16)22(27)25-24-18/h5-10,13H,3-4,11-12,14H2,1-2H3,(H,23,26)(H,25,27). The molecule has 7 nitrogen and oxygen atoms in total. The number of carbonyl (C=O) groups excluding carboxylic acids is 1. The number of hydrogen-bond donors (Lipinski definition) is 2. The van der Waals surface area contributed by atoms with Gasteiger partial charge in [0.15, 0.2) is 11.5 Å². The topological polar surface area (TPSA) is 93.3 Å². The van der Waals surface area contributed by atoms with Gasteiger partial charge in [0.2, 0.25) is 5.91 Å². The molecule has 0 saturated carbocycles. The van der Waals surface area contributed by atoms with Crippen LogP contribution >= 0.6 is 0 Å². The Balaban J connectivity index is 1.60. The molecule has 0 aliphatic heterocycles. The Hall–Kier alpha value is -3.35. The van der Waals surface area contributed by atoms with E-state index in [0.717, 1.165) is 11.3 Å². The molecular weight excluding hydrogens is 370 g/mol. The summed E-state index contributed by atoms with van der Waals surface area (Å²) in [6.45, 7) is 5.47. The van der Waals surface area contributed by atoms with Crippen LogP contribution in [-0.2, 0) is 17.6 Å². The van der Waals surface area contributed by atoms with Crippen LogP contribution in [0.3, 0.4) is 0 Å². The molecule has 1 aromatic heterocycles. The van der Waals surface area contributed by atoms with Crippen molar-refractivity contribution >= 4 is 16.7 Å². The lowest BCUT2D eigenvalue weighted by atomic mass is 10.1. The molecule has 0 spiro atoms. The summed E-state index contributed by atoms with van der Waals surface area (Å²) < 4.78 is 11.2. The number of carbonyl (C=O) groups is 1. The van der Waals surface area contributed by atoms with Gasteiger partial charge in [0.25, 0.3) is 5.56 Å². The highest BCUT2D eigenvalue weighted by atomic mass is 16.5. The van der Waals surface area contributed by atoms with Crippen molar-refractivity contribution in [2.45, 2.75) is 26.7 Å². The Bertz CT molecular complexity index is 1050. The lowest BCUT2D eigenvalue weighted by Crippen LogP contribution is -2.28. The zero-order valence-electron chi connectivity index (χ0n) is 16.7. The van der Waals surface area contributed by atoms with E-state index in [1.54, 1.807) is 18.2 Å². The number of nitrogens with zero attached hydrogens (tertiary/aromatic N) is 1. The molecule has 3 aromatic rings. The molecule has 2 aromatic carbocycles. The van der Waals surface area contributed by atoms with Crippen molar-refractivity contribution in [3.63, 3.8) is 0 Å². The van der Waals surface area contributed by atoms with Crippen LogP contribution in [0.5, 0.6) is 11.5 Å². The lowest BCUT2D eigenvalue weighted by molar-refractivity contribution is -0.120. The van der Waals surface area contributed by atoms with E-state index in [1.165, 1.54) is 0 Å². The fourth-order valence-corrected chi connectivity index (χ4v) is 3.12. The van der Waals surface area contributed by atoms with Crippen LogP contribution in [0, 0.1) is 0 Å². The summed E-state index contributed by atoms with van der Waals surface area (Å²) in [6.07, 6.45) is 0.767. The number of nitrogens with one attached hydrogen (secondary N) is 2. The van der Waals surface area contributed by atoms with E-state index in [-0.39, 0.29) is 17.9 Å². The van der Waals surface area contributed by atoms with Crippen LogP contribution < -0.4 is 20.3 Å². The maximum absolute atomic E-state index is 12.4. The lowest BCUT2D eigenvalue weighted by Gasteiger charge is -2.12. The number of amides is 1. The molecule has 0 aliphatic carbocycles. The number of aromatic amines is 1. The second-order valence-corrected chi connectivity index (χ2v) is 6.47. The molecule has 7 heteroatoms. The summed E-state index contributed by atoms with van der Waals surface area (Å²) in [4.78, 5) is 24.2.